The molecule has 1 N–H and O–H groups in total. The second-order valence-electron chi connectivity index (χ2n) is 4.73. The lowest BCUT2D eigenvalue weighted by atomic mass is 10.2. The number of nitrogens with one attached hydrogen (secondary N) is 1. The molecule has 0 bridgehead atoms. The highest BCUT2D eigenvalue weighted by Gasteiger charge is 2.38. The van der Waals surface area contributed by atoms with Gasteiger partial charge in [0.15, 0.2) is 6.10 Å². The van der Waals surface area contributed by atoms with Crippen LogP contribution in [0.25, 0.3) is 0 Å². The zero-order valence-corrected chi connectivity index (χ0v) is 11.5. The molecule has 1 aromatic rings. The van der Waals surface area contributed by atoms with E-state index in [2.05, 4.69) is 10.3 Å². The topological polar surface area (TPSA) is 34.1 Å². The zero-order valence-electron chi connectivity index (χ0n) is 11.5. The number of aromatic nitrogens is 1. The van der Waals surface area contributed by atoms with Gasteiger partial charge in [0.25, 0.3) is 0 Å². The number of halogens is 3. The smallest absolute Gasteiger partial charge is 0.425 e. The normalized spacial score (nSPS) is 13.7. The van der Waals surface area contributed by atoms with Gasteiger partial charge in [-0.05, 0) is 19.4 Å². The van der Waals surface area contributed by atoms with Gasteiger partial charge in [0.1, 0.15) is 0 Å². The molecule has 1 unspecified atom stereocenters. The molecule has 0 saturated heterocycles. The maximum Gasteiger partial charge on any atom is 0.425 e. The maximum absolute atomic E-state index is 12.4. The Labute approximate surface area is 111 Å². The second kappa shape index (κ2) is 6.23. The highest BCUT2D eigenvalue weighted by Crippen LogP contribution is 2.24. The summed E-state index contributed by atoms with van der Waals surface area (Å²) in [6, 6.07) is 3.53. The molecule has 0 saturated carbocycles. The first-order chi connectivity index (χ1) is 8.70. The van der Waals surface area contributed by atoms with E-state index in [0.29, 0.717) is 18.3 Å². The van der Waals surface area contributed by atoms with E-state index in [1.54, 1.807) is 13.0 Å². The molecule has 6 heteroatoms. The van der Waals surface area contributed by atoms with Crippen molar-refractivity contribution in [2.45, 2.75) is 52.6 Å². The Morgan fingerprint density at radius 1 is 1.26 bits per heavy atom. The molecule has 19 heavy (non-hydrogen) atoms. The van der Waals surface area contributed by atoms with E-state index in [4.69, 9.17) is 4.74 Å². The summed E-state index contributed by atoms with van der Waals surface area (Å²) in [7, 11) is 0. The monoisotopic (exact) mass is 276 g/mol. The first-order valence-corrected chi connectivity index (χ1v) is 6.13. The fourth-order valence-corrected chi connectivity index (χ4v) is 1.38. The van der Waals surface area contributed by atoms with Gasteiger partial charge in [-0.2, -0.15) is 13.2 Å². The van der Waals surface area contributed by atoms with Crippen LogP contribution in [0.2, 0.25) is 0 Å². The Hall–Kier alpha value is -1.30. The van der Waals surface area contributed by atoms with Crippen molar-refractivity contribution < 1.29 is 17.9 Å². The predicted octanol–water partition coefficient (Wildman–Crippen LogP) is 3.22. The second-order valence-corrected chi connectivity index (χ2v) is 4.73. The van der Waals surface area contributed by atoms with E-state index in [9.17, 15) is 13.2 Å². The van der Waals surface area contributed by atoms with Crippen molar-refractivity contribution in [1.82, 2.24) is 10.3 Å². The largest absolute Gasteiger partial charge is 0.465 e. The van der Waals surface area contributed by atoms with Crippen molar-refractivity contribution in [2.24, 2.45) is 0 Å². The van der Waals surface area contributed by atoms with E-state index in [-0.39, 0.29) is 5.88 Å². The number of rotatable bonds is 5. The molecule has 0 fully saturated rings. The average molecular weight is 276 g/mol. The molecular weight excluding hydrogens is 257 g/mol. The third-order valence-corrected chi connectivity index (χ3v) is 2.63. The van der Waals surface area contributed by atoms with Crippen molar-refractivity contribution in [3.05, 3.63) is 23.4 Å². The van der Waals surface area contributed by atoms with Gasteiger partial charge in [-0.25, -0.2) is 4.98 Å². The van der Waals surface area contributed by atoms with Crippen molar-refractivity contribution in [3.63, 3.8) is 0 Å². The molecule has 0 amide bonds. The van der Waals surface area contributed by atoms with Crippen LogP contribution in [0.4, 0.5) is 13.2 Å². The van der Waals surface area contributed by atoms with Crippen LogP contribution in [-0.4, -0.2) is 23.3 Å². The molecule has 0 aliphatic rings. The molecule has 0 aromatic carbocycles. The fourth-order valence-electron chi connectivity index (χ4n) is 1.38. The lowest BCUT2D eigenvalue weighted by Crippen LogP contribution is -2.31. The minimum Gasteiger partial charge on any atom is -0.465 e. The molecular formula is C13H19F3N2O. The lowest BCUT2D eigenvalue weighted by molar-refractivity contribution is -0.190. The van der Waals surface area contributed by atoms with E-state index in [0.717, 1.165) is 12.5 Å². The van der Waals surface area contributed by atoms with Crippen LogP contribution in [0.1, 0.15) is 32.0 Å². The molecule has 1 atom stereocenters. The number of ether oxygens (including phenoxy) is 1. The predicted molar refractivity (Wildman–Crippen MR) is 67.1 cm³/mol. The van der Waals surface area contributed by atoms with Gasteiger partial charge >= 0.3 is 6.18 Å². The Bertz CT molecular complexity index is 419. The Morgan fingerprint density at radius 2 is 1.89 bits per heavy atom. The standard InChI is InChI=1S/C13H19F3N2O/c1-8(2)17-7-11-5-6-12(18-9(11)3)19-10(4)13(14,15)16/h5-6,8,10,17H,7H2,1-4H3. The first kappa shape index (κ1) is 15.8. The molecule has 108 valence electrons. The molecule has 0 aliphatic heterocycles. The van der Waals surface area contributed by atoms with Crippen LogP contribution >= 0.6 is 0 Å². The molecule has 1 rings (SSSR count). The van der Waals surface area contributed by atoms with Gasteiger partial charge in [-0.1, -0.05) is 19.9 Å². The van der Waals surface area contributed by atoms with Crippen molar-refractivity contribution in [1.29, 1.82) is 0 Å². The van der Waals surface area contributed by atoms with Gasteiger partial charge in [-0.15, -0.1) is 0 Å². The van der Waals surface area contributed by atoms with Crippen molar-refractivity contribution in [2.75, 3.05) is 0 Å². The fraction of sp³-hybridized carbons (Fsp3) is 0.615. The molecule has 1 aromatic heterocycles. The number of pyridine rings is 1. The number of hydrogen-bond donors (Lipinski definition) is 1. The van der Waals surface area contributed by atoms with Crippen LogP contribution in [0.15, 0.2) is 12.1 Å². The number of nitrogens with zero attached hydrogens (tertiary/aromatic N) is 1. The molecule has 0 radical (unpaired) electrons. The summed E-state index contributed by atoms with van der Waals surface area (Å²) in [5.41, 5.74) is 1.61. The lowest BCUT2D eigenvalue weighted by Gasteiger charge is -2.18. The van der Waals surface area contributed by atoms with Gasteiger partial charge in [0, 0.05) is 24.3 Å². The van der Waals surface area contributed by atoms with Crippen LogP contribution in [-0.2, 0) is 6.54 Å². The minimum absolute atomic E-state index is 0.00405. The van der Waals surface area contributed by atoms with E-state index < -0.39 is 12.3 Å². The van der Waals surface area contributed by atoms with E-state index >= 15 is 0 Å². The van der Waals surface area contributed by atoms with Crippen molar-refractivity contribution in [3.8, 4) is 5.88 Å². The maximum atomic E-state index is 12.4. The summed E-state index contributed by atoms with van der Waals surface area (Å²) in [6.07, 6.45) is -6.24. The van der Waals surface area contributed by atoms with Crippen molar-refractivity contribution >= 4 is 0 Å². The highest BCUT2D eigenvalue weighted by molar-refractivity contribution is 5.25. The SMILES string of the molecule is Cc1nc(OC(C)C(F)(F)F)ccc1CNC(C)C. The Balaban J connectivity index is 2.71. The molecule has 3 nitrogen and oxygen atoms in total. The van der Waals surface area contributed by atoms with Crippen LogP contribution < -0.4 is 10.1 Å². The van der Waals surface area contributed by atoms with E-state index in [1.165, 1.54) is 6.07 Å². The number of aryl methyl sites for hydroxylation is 1. The summed E-state index contributed by atoms with van der Waals surface area (Å²) < 4.78 is 41.9. The third kappa shape index (κ3) is 5.06. The number of alkyl halides is 3. The zero-order chi connectivity index (χ0) is 14.6. The van der Waals surface area contributed by atoms with Gasteiger partial charge in [0.05, 0.1) is 0 Å². The molecule has 0 aliphatic carbocycles. The average Bonchev–Trinajstić information content (AvgIpc) is 2.26. The molecule has 1 heterocycles. The van der Waals surface area contributed by atoms with Crippen LogP contribution in [0.3, 0.4) is 0 Å². The highest BCUT2D eigenvalue weighted by atomic mass is 19.4. The van der Waals surface area contributed by atoms with Gasteiger partial charge in [0.2, 0.25) is 5.88 Å². The Morgan fingerprint density at radius 3 is 2.37 bits per heavy atom. The third-order valence-electron chi connectivity index (χ3n) is 2.63. The van der Waals surface area contributed by atoms with Crippen LogP contribution in [0, 0.1) is 6.92 Å². The summed E-state index contributed by atoms with van der Waals surface area (Å²) >= 11 is 0. The quantitative estimate of drug-likeness (QED) is 0.896. The molecule has 0 spiro atoms. The van der Waals surface area contributed by atoms with Crippen LogP contribution in [0.5, 0.6) is 5.88 Å². The minimum atomic E-state index is -4.38. The summed E-state index contributed by atoms with van der Waals surface area (Å²) in [5.74, 6) is -0.00405. The summed E-state index contributed by atoms with van der Waals surface area (Å²) in [5, 5.41) is 3.23. The van der Waals surface area contributed by atoms with Gasteiger partial charge in [-0.3, -0.25) is 0 Å². The summed E-state index contributed by atoms with van der Waals surface area (Å²) in [6.45, 7) is 7.38. The first-order valence-electron chi connectivity index (χ1n) is 6.13. The summed E-state index contributed by atoms with van der Waals surface area (Å²) in [4.78, 5) is 4.04. The Kier molecular flexibility index (Phi) is 5.17. The van der Waals surface area contributed by atoms with E-state index in [1.807, 2.05) is 13.8 Å². The van der Waals surface area contributed by atoms with Gasteiger partial charge < -0.3 is 10.1 Å². The number of hydrogen-bond acceptors (Lipinski definition) is 3.